The summed E-state index contributed by atoms with van der Waals surface area (Å²) in [6, 6.07) is 28.8. The van der Waals surface area contributed by atoms with Crippen molar-refractivity contribution in [1.82, 2.24) is 9.88 Å². The van der Waals surface area contributed by atoms with E-state index in [2.05, 4.69) is 82.7 Å². The highest BCUT2D eigenvalue weighted by Crippen LogP contribution is 2.51. The van der Waals surface area contributed by atoms with Gasteiger partial charge >= 0.3 is 0 Å². The molecule has 0 unspecified atom stereocenters. The van der Waals surface area contributed by atoms with E-state index in [0.717, 1.165) is 38.4 Å². The molecule has 1 saturated heterocycles. The number of aromatic nitrogens is 1. The summed E-state index contributed by atoms with van der Waals surface area (Å²) in [5.41, 5.74) is 4.25. The van der Waals surface area contributed by atoms with Crippen molar-refractivity contribution >= 4 is 0 Å². The van der Waals surface area contributed by atoms with Crippen LogP contribution in [0.3, 0.4) is 0 Å². The van der Waals surface area contributed by atoms with Crippen LogP contribution in [0.4, 0.5) is 0 Å². The molecule has 2 heterocycles. The topological polar surface area (TPSA) is 25.4 Å². The average Bonchev–Trinajstić information content (AvgIpc) is 3.22. The number of hydrogen-bond acceptors (Lipinski definition) is 3. The smallest absolute Gasteiger partial charge is 0.0544 e. The SMILES string of the molecule is c1ccc(CN(Cc2ccccn2)[C@@H]2C[C@@H]3COCC[C@]3(c3ccccc3)C2)cc1. The molecule has 1 aromatic heterocycles. The Kier molecular flexibility index (Phi) is 5.65. The normalized spacial score (nSPS) is 25.9. The number of hydrogen-bond donors (Lipinski definition) is 0. The van der Waals surface area contributed by atoms with Crippen molar-refractivity contribution in [2.75, 3.05) is 13.2 Å². The molecule has 154 valence electrons. The van der Waals surface area contributed by atoms with Crippen molar-refractivity contribution in [3.63, 3.8) is 0 Å². The molecule has 3 aromatic rings. The number of ether oxygens (including phenoxy) is 1. The maximum Gasteiger partial charge on any atom is 0.0544 e. The predicted molar refractivity (Wildman–Crippen MR) is 120 cm³/mol. The molecule has 2 aliphatic rings. The van der Waals surface area contributed by atoms with E-state index in [0.29, 0.717) is 12.0 Å². The highest BCUT2D eigenvalue weighted by molar-refractivity contribution is 5.30. The second-order valence-electron chi connectivity index (χ2n) is 8.85. The third-order valence-corrected chi connectivity index (χ3v) is 7.13. The molecule has 3 heteroatoms. The third-order valence-electron chi connectivity index (χ3n) is 7.13. The van der Waals surface area contributed by atoms with E-state index in [-0.39, 0.29) is 5.41 Å². The lowest BCUT2D eigenvalue weighted by Crippen LogP contribution is -2.39. The average molecular weight is 399 g/mol. The van der Waals surface area contributed by atoms with Crippen LogP contribution in [0.5, 0.6) is 0 Å². The quantitative estimate of drug-likeness (QED) is 0.569. The molecule has 1 saturated carbocycles. The Bertz CT molecular complexity index is 889. The Balaban J connectivity index is 1.45. The van der Waals surface area contributed by atoms with Crippen LogP contribution in [0.1, 0.15) is 36.1 Å². The van der Waals surface area contributed by atoms with Crippen LogP contribution >= 0.6 is 0 Å². The highest BCUT2D eigenvalue weighted by atomic mass is 16.5. The molecule has 0 bridgehead atoms. The highest BCUT2D eigenvalue weighted by Gasteiger charge is 2.51. The molecule has 2 fully saturated rings. The van der Waals surface area contributed by atoms with Gasteiger partial charge in [0.05, 0.1) is 12.3 Å². The summed E-state index contributed by atoms with van der Waals surface area (Å²) in [6.45, 7) is 3.60. The Morgan fingerprint density at radius 2 is 1.67 bits per heavy atom. The van der Waals surface area contributed by atoms with E-state index in [9.17, 15) is 0 Å². The summed E-state index contributed by atoms with van der Waals surface area (Å²) in [5.74, 6) is 0.584. The largest absolute Gasteiger partial charge is 0.381 e. The molecule has 0 amide bonds. The van der Waals surface area contributed by atoms with Gasteiger partial charge in [-0.1, -0.05) is 66.7 Å². The first kappa shape index (κ1) is 19.5. The molecule has 1 aliphatic carbocycles. The molecule has 3 atom stereocenters. The van der Waals surface area contributed by atoms with Crippen LogP contribution in [0.15, 0.2) is 85.1 Å². The summed E-state index contributed by atoms with van der Waals surface area (Å²) in [4.78, 5) is 7.28. The fourth-order valence-corrected chi connectivity index (χ4v) is 5.62. The summed E-state index contributed by atoms with van der Waals surface area (Å²) in [5, 5.41) is 0. The van der Waals surface area contributed by atoms with Gasteiger partial charge in [-0.3, -0.25) is 9.88 Å². The number of nitrogens with zero attached hydrogens (tertiary/aromatic N) is 2. The number of pyridine rings is 1. The van der Waals surface area contributed by atoms with E-state index in [4.69, 9.17) is 4.74 Å². The summed E-state index contributed by atoms with van der Waals surface area (Å²) in [7, 11) is 0. The molecular formula is C27H30N2O. The third kappa shape index (κ3) is 3.92. The van der Waals surface area contributed by atoms with Crippen molar-refractivity contribution in [3.05, 3.63) is 102 Å². The molecule has 0 spiro atoms. The predicted octanol–water partition coefficient (Wildman–Crippen LogP) is 5.22. The van der Waals surface area contributed by atoms with Crippen molar-refractivity contribution in [2.24, 2.45) is 5.92 Å². The zero-order valence-electron chi connectivity index (χ0n) is 17.5. The Morgan fingerprint density at radius 3 is 2.43 bits per heavy atom. The van der Waals surface area contributed by atoms with Gasteiger partial charge in [-0.2, -0.15) is 0 Å². The first-order valence-corrected chi connectivity index (χ1v) is 11.1. The van der Waals surface area contributed by atoms with Gasteiger partial charge in [-0.15, -0.1) is 0 Å². The fraction of sp³-hybridized carbons (Fsp3) is 0.370. The molecule has 1 aliphatic heterocycles. The van der Waals surface area contributed by atoms with E-state index >= 15 is 0 Å². The van der Waals surface area contributed by atoms with Crippen molar-refractivity contribution < 1.29 is 4.74 Å². The van der Waals surface area contributed by atoms with Gasteiger partial charge in [0, 0.05) is 37.4 Å². The number of benzene rings is 2. The lowest BCUT2D eigenvalue weighted by atomic mass is 9.69. The zero-order chi connectivity index (χ0) is 20.2. The molecule has 2 aromatic carbocycles. The summed E-state index contributed by atoms with van der Waals surface area (Å²) in [6.07, 6.45) is 5.42. The lowest BCUT2D eigenvalue weighted by Gasteiger charge is -2.40. The van der Waals surface area contributed by atoms with Crippen LogP contribution in [0.25, 0.3) is 0 Å². The molecular weight excluding hydrogens is 368 g/mol. The van der Waals surface area contributed by atoms with Crippen LogP contribution in [-0.4, -0.2) is 29.1 Å². The maximum atomic E-state index is 5.96. The second-order valence-corrected chi connectivity index (χ2v) is 8.85. The summed E-state index contributed by atoms with van der Waals surface area (Å²) < 4.78 is 5.96. The minimum Gasteiger partial charge on any atom is -0.381 e. The van der Waals surface area contributed by atoms with Gasteiger partial charge in [0.2, 0.25) is 0 Å². The minimum atomic E-state index is 0.239. The van der Waals surface area contributed by atoms with Crippen LogP contribution < -0.4 is 0 Å². The van der Waals surface area contributed by atoms with Crippen LogP contribution in [0, 0.1) is 5.92 Å². The van der Waals surface area contributed by atoms with Gasteiger partial charge in [-0.25, -0.2) is 0 Å². The second kappa shape index (κ2) is 8.71. The Hall–Kier alpha value is -2.49. The lowest BCUT2D eigenvalue weighted by molar-refractivity contribution is 0.0124. The van der Waals surface area contributed by atoms with Crippen molar-refractivity contribution in [2.45, 2.75) is 43.8 Å². The van der Waals surface area contributed by atoms with E-state index in [1.165, 1.54) is 24.0 Å². The fourth-order valence-electron chi connectivity index (χ4n) is 5.62. The molecule has 0 radical (unpaired) electrons. The zero-order valence-corrected chi connectivity index (χ0v) is 17.5. The number of rotatable bonds is 6. The van der Waals surface area contributed by atoms with Crippen LogP contribution in [-0.2, 0) is 23.2 Å². The molecule has 5 rings (SSSR count). The van der Waals surface area contributed by atoms with Crippen molar-refractivity contribution in [3.8, 4) is 0 Å². The first-order valence-electron chi connectivity index (χ1n) is 11.1. The van der Waals surface area contributed by atoms with Gasteiger partial charge in [0.25, 0.3) is 0 Å². The molecule has 0 N–H and O–H groups in total. The standard InChI is InChI=1S/C27H30N2O/c1-3-9-22(10-4-1)19-29(20-25-13-7-8-15-28-25)26-17-24-21-30-16-14-27(24,18-26)23-11-5-2-6-12-23/h1-13,15,24,26H,14,16-21H2/t24-,26-,27-/m1/s1. The number of fused-ring (bicyclic) bond motifs is 1. The minimum absolute atomic E-state index is 0.239. The monoisotopic (exact) mass is 398 g/mol. The maximum absolute atomic E-state index is 5.96. The van der Waals surface area contributed by atoms with E-state index in [1.54, 1.807) is 0 Å². The van der Waals surface area contributed by atoms with Gasteiger partial charge in [-0.05, 0) is 48.4 Å². The van der Waals surface area contributed by atoms with Crippen LogP contribution in [0.2, 0.25) is 0 Å². The molecule has 30 heavy (non-hydrogen) atoms. The van der Waals surface area contributed by atoms with Gasteiger partial charge < -0.3 is 4.74 Å². The van der Waals surface area contributed by atoms with Gasteiger partial charge in [0.15, 0.2) is 0 Å². The molecule has 3 nitrogen and oxygen atoms in total. The van der Waals surface area contributed by atoms with Crippen molar-refractivity contribution in [1.29, 1.82) is 0 Å². The van der Waals surface area contributed by atoms with E-state index in [1.807, 2.05) is 12.3 Å². The van der Waals surface area contributed by atoms with Gasteiger partial charge in [0.1, 0.15) is 0 Å². The Morgan fingerprint density at radius 1 is 0.900 bits per heavy atom. The summed E-state index contributed by atoms with van der Waals surface area (Å²) >= 11 is 0. The Labute approximate surface area is 179 Å². The van der Waals surface area contributed by atoms with E-state index < -0.39 is 0 Å². The first-order chi connectivity index (χ1) is 14.8.